The lowest BCUT2D eigenvalue weighted by molar-refractivity contribution is -0.0238. The summed E-state index contributed by atoms with van der Waals surface area (Å²) in [4.78, 5) is 0. The molecular formula is C16H22N4O. The van der Waals surface area contributed by atoms with Gasteiger partial charge in [-0.3, -0.25) is 4.57 Å². The Bertz CT molecular complexity index is 548. The zero-order valence-corrected chi connectivity index (χ0v) is 12.4. The van der Waals surface area contributed by atoms with Gasteiger partial charge in [-0.1, -0.05) is 18.2 Å². The molecule has 1 saturated carbocycles. The van der Waals surface area contributed by atoms with Crippen LogP contribution in [0, 0.1) is 5.92 Å². The van der Waals surface area contributed by atoms with Gasteiger partial charge in [-0.25, -0.2) is 0 Å². The van der Waals surface area contributed by atoms with Crippen LogP contribution >= 0.6 is 0 Å². The van der Waals surface area contributed by atoms with Crippen LogP contribution in [0.4, 0.5) is 0 Å². The fraction of sp³-hybridized carbons (Fsp3) is 0.500. The third-order valence-corrected chi connectivity index (χ3v) is 3.96. The van der Waals surface area contributed by atoms with E-state index in [9.17, 15) is 0 Å². The maximum absolute atomic E-state index is 5.58. The third kappa shape index (κ3) is 3.49. The first-order valence-corrected chi connectivity index (χ1v) is 7.63. The minimum Gasteiger partial charge on any atom is -0.378 e. The van der Waals surface area contributed by atoms with Gasteiger partial charge in [-0.15, -0.1) is 10.2 Å². The second kappa shape index (κ2) is 6.83. The summed E-state index contributed by atoms with van der Waals surface area (Å²) in [6.07, 6.45) is 4.59. The molecule has 0 atom stereocenters. The average Bonchev–Trinajstić information content (AvgIpc) is 2.94. The number of ether oxygens (including phenoxy) is 1. The second-order valence-corrected chi connectivity index (χ2v) is 5.50. The Morgan fingerprint density at radius 2 is 2.10 bits per heavy atom. The third-order valence-electron chi connectivity index (χ3n) is 3.96. The molecule has 0 bridgehead atoms. The largest absolute Gasteiger partial charge is 0.378 e. The van der Waals surface area contributed by atoms with E-state index < -0.39 is 0 Å². The fourth-order valence-electron chi connectivity index (χ4n) is 2.78. The Morgan fingerprint density at radius 3 is 2.86 bits per heavy atom. The summed E-state index contributed by atoms with van der Waals surface area (Å²) in [5.41, 5.74) is 1.10. The zero-order chi connectivity index (χ0) is 14.5. The lowest BCUT2D eigenvalue weighted by atomic mass is 9.82. The number of rotatable bonds is 7. The second-order valence-electron chi connectivity index (χ2n) is 5.50. The Hall–Kier alpha value is -1.72. The van der Waals surface area contributed by atoms with Gasteiger partial charge in [0.05, 0.1) is 12.6 Å². The van der Waals surface area contributed by atoms with Crippen LogP contribution in [-0.4, -0.2) is 34.0 Å². The van der Waals surface area contributed by atoms with Gasteiger partial charge in [0.25, 0.3) is 0 Å². The van der Waals surface area contributed by atoms with Crippen LogP contribution in [0.2, 0.25) is 0 Å². The van der Waals surface area contributed by atoms with Crippen molar-refractivity contribution in [3.05, 3.63) is 42.5 Å². The van der Waals surface area contributed by atoms with Crippen LogP contribution < -0.4 is 5.32 Å². The van der Waals surface area contributed by atoms with Crippen molar-refractivity contribution in [2.45, 2.75) is 32.4 Å². The highest BCUT2D eigenvalue weighted by atomic mass is 16.5. The first-order valence-electron chi connectivity index (χ1n) is 7.63. The van der Waals surface area contributed by atoms with Gasteiger partial charge in [-0.05, 0) is 44.4 Å². The number of nitrogens with zero attached hydrogens (tertiary/aromatic N) is 3. The van der Waals surface area contributed by atoms with E-state index in [1.807, 2.05) is 22.8 Å². The maximum atomic E-state index is 5.58. The Balaban J connectivity index is 1.48. The van der Waals surface area contributed by atoms with Crippen molar-refractivity contribution in [3.8, 4) is 5.69 Å². The normalized spacial score (nSPS) is 21.2. The summed E-state index contributed by atoms with van der Waals surface area (Å²) in [6.45, 7) is 4.64. The summed E-state index contributed by atoms with van der Waals surface area (Å²) < 4.78 is 7.61. The molecule has 0 unspecified atom stereocenters. The van der Waals surface area contributed by atoms with Crippen LogP contribution in [-0.2, 0) is 11.3 Å². The van der Waals surface area contributed by atoms with Crippen molar-refractivity contribution < 1.29 is 4.74 Å². The smallest absolute Gasteiger partial charge is 0.151 e. The summed E-state index contributed by atoms with van der Waals surface area (Å²) in [5.74, 6) is 1.68. The van der Waals surface area contributed by atoms with Gasteiger partial charge < -0.3 is 10.1 Å². The number of nitrogens with one attached hydrogen (secondary N) is 1. The fourth-order valence-corrected chi connectivity index (χ4v) is 2.78. The van der Waals surface area contributed by atoms with E-state index in [2.05, 4.69) is 34.6 Å². The summed E-state index contributed by atoms with van der Waals surface area (Å²) in [5, 5.41) is 11.7. The molecule has 21 heavy (non-hydrogen) atoms. The van der Waals surface area contributed by atoms with Crippen molar-refractivity contribution in [1.82, 2.24) is 20.1 Å². The number of aromatic nitrogens is 3. The van der Waals surface area contributed by atoms with Crippen molar-refractivity contribution in [1.29, 1.82) is 0 Å². The molecular weight excluding hydrogens is 264 g/mol. The number of hydrogen-bond donors (Lipinski definition) is 1. The molecule has 5 heteroatoms. The number of hydrogen-bond acceptors (Lipinski definition) is 4. The van der Waals surface area contributed by atoms with Gasteiger partial charge >= 0.3 is 0 Å². The average molecular weight is 286 g/mol. The molecule has 1 aliphatic carbocycles. The Morgan fingerprint density at radius 1 is 1.29 bits per heavy atom. The van der Waals surface area contributed by atoms with E-state index in [1.54, 1.807) is 6.33 Å². The van der Waals surface area contributed by atoms with Crippen LogP contribution in [0.25, 0.3) is 5.69 Å². The van der Waals surface area contributed by atoms with Gasteiger partial charge in [0.2, 0.25) is 0 Å². The van der Waals surface area contributed by atoms with Crippen molar-refractivity contribution in [2.24, 2.45) is 5.92 Å². The van der Waals surface area contributed by atoms with Crippen molar-refractivity contribution in [3.63, 3.8) is 0 Å². The first-order chi connectivity index (χ1) is 10.4. The Kier molecular flexibility index (Phi) is 4.62. The predicted octanol–water partition coefficient (Wildman–Crippen LogP) is 2.17. The summed E-state index contributed by atoms with van der Waals surface area (Å²) >= 11 is 0. The molecule has 1 aromatic heterocycles. The monoisotopic (exact) mass is 286 g/mol. The molecule has 5 nitrogen and oxygen atoms in total. The predicted molar refractivity (Wildman–Crippen MR) is 81.2 cm³/mol. The van der Waals surface area contributed by atoms with Crippen molar-refractivity contribution in [2.75, 3.05) is 13.2 Å². The van der Waals surface area contributed by atoms with Crippen LogP contribution in [0.5, 0.6) is 0 Å². The van der Waals surface area contributed by atoms with Gasteiger partial charge in [0.15, 0.2) is 5.82 Å². The van der Waals surface area contributed by atoms with Gasteiger partial charge in [0.1, 0.15) is 6.33 Å². The van der Waals surface area contributed by atoms with E-state index in [0.29, 0.717) is 6.10 Å². The van der Waals surface area contributed by atoms with E-state index in [1.165, 1.54) is 12.8 Å². The molecule has 1 aliphatic rings. The van der Waals surface area contributed by atoms with Crippen LogP contribution in [0.1, 0.15) is 25.6 Å². The molecule has 112 valence electrons. The van der Waals surface area contributed by atoms with Gasteiger partial charge in [0, 0.05) is 12.3 Å². The molecule has 0 radical (unpaired) electrons. The van der Waals surface area contributed by atoms with E-state index in [-0.39, 0.29) is 0 Å². The minimum atomic E-state index is 0.481. The quantitative estimate of drug-likeness (QED) is 0.847. The molecule has 2 aromatic rings. The zero-order valence-electron chi connectivity index (χ0n) is 12.4. The van der Waals surface area contributed by atoms with Gasteiger partial charge in [-0.2, -0.15) is 0 Å². The molecule has 0 spiro atoms. The van der Waals surface area contributed by atoms with Crippen LogP contribution in [0.3, 0.4) is 0 Å². The number of para-hydroxylation sites is 1. The standard InChI is InChI=1S/C16H22N4O/c1-2-21-15-8-13(9-15)10-17-11-16-19-18-12-20(16)14-6-4-3-5-7-14/h3-7,12-13,15,17H,2,8-11H2,1H3. The van der Waals surface area contributed by atoms with Crippen molar-refractivity contribution >= 4 is 0 Å². The summed E-state index contributed by atoms with van der Waals surface area (Å²) in [6, 6.07) is 10.2. The first kappa shape index (κ1) is 14.2. The highest BCUT2D eigenvalue weighted by molar-refractivity contribution is 5.31. The Labute approximate surface area is 125 Å². The topological polar surface area (TPSA) is 52.0 Å². The molecule has 1 fully saturated rings. The van der Waals surface area contributed by atoms with E-state index in [0.717, 1.165) is 37.1 Å². The van der Waals surface area contributed by atoms with E-state index in [4.69, 9.17) is 4.74 Å². The minimum absolute atomic E-state index is 0.481. The molecule has 1 heterocycles. The lowest BCUT2D eigenvalue weighted by Gasteiger charge is -2.35. The SMILES string of the molecule is CCOC1CC(CNCc2nncn2-c2ccccc2)C1. The number of benzene rings is 1. The summed E-state index contributed by atoms with van der Waals surface area (Å²) in [7, 11) is 0. The molecule has 0 aliphatic heterocycles. The van der Waals surface area contributed by atoms with E-state index >= 15 is 0 Å². The lowest BCUT2D eigenvalue weighted by Crippen LogP contribution is -2.37. The molecule has 0 saturated heterocycles. The van der Waals surface area contributed by atoms with Crippen LogP contribution in [0.15, 0.2) is 36.7 Å². The highest BCUT2D eigenvalue weighted by Gasteiger charge is 2.28. The highest BCUT2D eigenvalue weighted by Crippen LogP contribution is 2.29. The molecule has 1 aromatic carbocycles. The molecule has 3 rings (SSSR count). The molecule has 0 amide bonds. The molecule has 1 N–H and O–H groups in total. The maximum Gasteiger partial charge on any atom is 0.151 e.